The molecule has 5 heteroatoms. The lowest BCUT2D eigenvalue weighted by Crippen LogP contribution is -2.33. The molecule has 112 valence electrons. The molecular formula is C14H30N4O. The maximum atomic E-state index is 5.84. The van der Waals surface area contributed by atoms with Gasteiger partial charge in [-0.15, -0.1) is 0 Å². The Morgan fingerprint density at radius 2 is 2.32 bits per heavy atom. The molecular weight excluding hydrogens is 240 g/mol. The molecule has 1 fully saturated rings. The third kappa shape index (κ3) is 7.38. The first-order valence-corrected chi connectivity index (χ1v) is 7.60. The van der Waals surface area contributed by atoms with Gasteiger partial charge >= 0.3 is 0 Å². The normalized spacial score (nSPS) is 20.9. The molecule has 19 heavy (non-hydrogen) atoms. The fraction of sp³-hybridized carbons (Fsp3) is 0.929. The molecule has 1 atom stereocenters. The molecule has 1 unspecified atom stereocenters. The first kappa shape index (κ1) is 16.2. The summed E-state index contributed by atoms with van der Waals surface area (Å²) in [5.74, 6) is 1.25. The van der Waals surface area contributed by atoms with E-state index in [9.17, 15) is 0 Å². The lowest BCUT2D eigenvalue weighted by atomic mass is 10.1. The van der Waals surface area contributed by atoms with Crippen LogP contribution < -0.4 is 11.1 Å². The topological polar surface area (TPSA) is 62.9 Å². The zero-order valence-corrected chi connectivity index (χ0v) is 12.5. The summed E-state index contributed by atoms with van der Waals surface area (Å²) in [6, 6.07) is 0. The van der Waals surface area contributed by atoms with Crippen LogP contribution in [0.25, 0.3) is 0 Å². The van der Waals surface area contributed by atoms with Crippen molar-refractivity contribution in [2.45, 2.75) is 33.1 Å². The van der Waals surface area contributed by atoms with E-state index in [0.717, 1.165) is 32.7 Å². The average Bonchev–Trinajstić information content (AvgIpc) is 2.84. The van der Waals surface area contributed by atoms with Gasteiger partial charge in [-0.1, -0.05) is 6.92 Å². The van der Waals surface area contributed by atoms with Crippen LogP contribution in [0.15, 0.2) is 4.99 Å². The fourth-order valence-corrected chi connectivity index (χ4v) is 2.40. The standard InChI is InChI=1S/C14H30N4O/c1-3-8-18-9-6-13(12-18)11-17-14(15)16-7-5-10-19-4-2/h13H,3-12H2,1-2H3,(H3,15,16,17). The highest BCUT2D eigenvalue weighted by Crippen LogP contribution is 2.16. The Bertz CT molecular complexity index is 258. The molecule has 0 spiro atoms. The zero-order chi connectivity index (χ0) is 13.9. The largest absolute Gasteiger partial charge is 0.382 e. The summed E-state index contributed by atoms with van der Waals surface area (Å²) < 4.78 is 5.27. The summed E-state index contributed by atoms with van der Waals surface area (Å²) in [6.07, 6.45) is 3.46. The molecule has 5 nitrogen and oxygen atoms in total. The number of guanidine groups is 1. The highest BCUT2D eigenvalue weighted by molar-refractivity contribution is 5.77. The molecule has 1 aliphatic rings. The minimum absolute atomic E-state index is 0.574. The Kier molecular flexibility index (Phi) is 8.58. The van der Waals surface area contributed by atoms with E-state index in [4.69, 9.17) is 10.5 Å². The second-order valence-corrected chi connectivity index (χ2v) is 5.16. The van der Waals surface area contributed by atoms with Crippen molar-refractivity contribution in [1.82, 2.24) is 10.2 Å². The van der Waals surface area contributed by atoms with Crippen LogP contribution in [-0.2, 0) is 4.74 Å². The van der Waals surface area contributed by atoms with Crippen LogP contribution in [0.2, 0.25) is 0 Å². The summed E-state index contributed by atoms with van der Waals surface area (Å²) in [5, 5.41) is 3.14. The van der Waals surface area contributed by atoms with Crippen molar-refractivity contribution >= 4 is 5.96 Å². The van der Waals surface area contributed by atoms with Crippen molar-refractivity contribution in [1.29, 1.82) is 0 Å². The van der Waals surface area contributed by atoms with Gasteiger partial charge in [0, 0.05) is 32.8 Å². The van der Waals surface area contributed by atoms with Crippen LogP contribution in [0.1, 0.15) is 33.1 Å². The van der Waals surface area contributed by atoms with Crippen molar-refractivity contribution in [2.75, 3.05) is 45.9 Å². The Morgan fingerprint density at radius 3 is 3.05 bits per heavy atom. The second kappa shape index (κ2) is 10.0. The number of hydrogen-bond donors (Lipinski definition) is 2. The van der Waals surface area contributed by atoms with E-state index in [1.807, 2.05) is 6.92 Å². The maximum Gasteiger partial charge on any atom is 0.188 e. The molecule has 0 aromatic rings. The summed E-state index contributed by atoms with van der Waals surface area (Å²) in [6.45, 7) is 11.1. The number of rotatable bonds is 9. The van der Waals surface area contributed by atoms with Crippen LogP contribution in [0.5, 0.6) is 0 Å². The van der Waals surface area contributed by atoms with Gasteiger partial charge in [0.05, 0.1) is 0 Å². The van der Waals surface area contributed by atoms with Crippen molar-refractivity contribution in [2.24, 2.45) is 16.6 Å². The molecule has 0 aromatic carbocycles. The molecule has 0 saturated carbocycles. The number of ether oxygens (including phenoxy) is 1. The molecule has 0 radical (unpaired) electrons. The minimum Gasteiger partial charge on any atom is -0.382 e. The monoisotopic (exact) mass is 270 g/mol. The molecule has 1 saturated heterocycles. The number of likely N-dealkylation sites (tertiary alicyclic amines) is 1. The molecule has 3 N–H and O–H groups in total. The first-order chi connectivity index (χ1) is 9.26. The quantitative estimate of drug-likeness (QED) is 0.373. The van der Waals surface area contributed by atoms with Crippen LogP contribution in [0.4, 0.5) is 0 Å². The van der Waals surface area contributed by atoms with Crippen molar-refractivity contribution in [3.63, 3.8) is 0 Å². The summed E-state index contributed by atoms with van der Waals surface area (Å²) >= 11 is 0. The third-order valence-electron chi connectivity index (χ3n) is 3.41. The molecule has 0 bridgehead atoms. The van der Waals surface area contributed by atoms with Crippen LogP contribution >= 0.6 is 0 Å². The highest BCUT2D eigenvalue weighted by Gasteiger charge is 2.21. The smallest absolute Gasteiger partial charge is 0.188 e. The molecule has 1 aliphatic heterocycles. The lowest BCUT2D eigenvalue weighted by molar-refractivity contribution is 0.145. The van der Waals surface area contributed by atoms with E-state index in [1.165, 1.54) is 32.5 Å². The van der Waals surface area contributed by atoms with Gasteiger partial charge in [-0.3, -0.25) is 4.99 Å². The van der Waals surface area contributed by atoms with Crippen molar-refractivity contribution in [3.05, 3.63) is 0 Å². The average molecular weight is 270 g/mol. The summed E-state index contributed by atoms with van der Waals surface area (Å²) in [5.41, 5.74) is 5.84. The maximum absolute atomic E-state index is 5.84. The summed E-state index contributed by atoms with van der Waals surface area (Å²) in [7, 11) is 0. The van der Waals surface area contributed by atoms with Crippen molar-refractivity contribution in [3.8, 4) is 0 Å². The minimum atomic E-state index is 0.574. The number of nitrogens with one attached hydrogen (secondary N) is 1. The Hall–Kier alpha value is -0.810. The van der Waals surface area contributed by atoms with Gasteiger partial charge in [-0.25, -0.2) is 0 Å². The van der Waals surface area contributed by atoms with Gasteiger partial charge in [0.15, 0.2) is 5.96 Å². The van der Waals surface area contributed by atoms with E-state index in [1.54, 1.807) is 0 Å². The predicted octanol–water partition coefficient (Wildman–Crippen LogP) is 1.05. The number of aliphatic imine (C=N–C) groups is 1. The third-order valence-corrected chi connectivity index (χ3v) is 3.41. The van der Waals surface area contributed by atoms with Crippen LogP contribution in [-0.4, -0.2) is 56.8 Å². The van der Waals surface area contributed by atoms with Gasteiger partial charge in [0.25, 0.3) is 0 Å². The van der Waals surface area contributed by atoms with E-state index in [-0.39, 0.29) is 0 Å². The number of hydrogen-bond acceptors (Lipinski definition) is 3. The van der Waals surface area contributed by atoms with E-state index < -0.39 is 0 Å². The van der Waals surface area contributed by atoms with E-state index in [0.29, 0.717) is 11.9 Å². The number of nitrogens with two attached hydrogens (primary N) is 1. The van der Waals surface area contributed by atoms with Gasteiger partial charge in [0.1, 0.15) is 0 Å². The van der Waals surface area contributed by atoms with Crippen LogP contribution in [0, 0.1) is 5.92 Å². The molecule has 0 aliphatic carbocycles. The molecule has 0 aromatic heterocycles. The zero-order valence-electron chi connectivity index (χ0n) is 12.5. The molecule has 1 rings (SSSR count). The molecule has 1 heterocycles. The predicted molar refractivity (Wildman–Crippen MR) is 80.4 cm³/mol. The Balaban J connectivity index is 2.07. The van der Waals surface area contributed by atoms with Crippen molar-refractivity contribution < 1.29 is 4.74 Å². The van der Waals surface area contributed by atoms with E-state index in [2.05, 4.69) is 22.1 Å². The molecule has 0 amide bonds. The Labute approximate surface area is 117 Å². The van der Waals surface area contributed by atoms with Gasteiger partial charge in [0.2, 0.25) is 0 Å². The van der Waals surface area contributed by atoms with E-state index >= 15 is 0 Å². The highest BCUT2D eigenvalue weighted by atomic mass is 16.5. The SMILES string of the molecule is CCCN1CCC(CN=C(N)NCCCOCC)C1. The summed E-state index contributed by atoms with van der Waals surface area (Å²) in [4.78, 5) is 6.95. The number of nitrogens with zero attached hydrogens (tertiary/aromatic N) is 2. The lowest BCUT2D eigenvalue weighted by Gasteiger charge is -2.13. The van der Waals surface area contributed by atoms with Gasteiger partial charge in [-0.05, 0) is 45.2 Å². The Morgan fingerprint density at radius 1 is 1.47 bits per heavy atom. The van der Waals surface area contributed by atoms with Gasteiger partial charge in [-0.2, -0.15) is 0 Å². The fourth-order valence-electron chi connectivity index (χ4n) is 2.40. The second-order valence-electron chi connectivity index (χ2n) is 5.16. The first-order valence-electron chi connectivity index (χ1n) is 7.60. The van der Waals surface area contributed by atoms with Gasteiger partial charge < -0.3 is 20.7 Å². The van der Waals surface area contributed by atoms with Crippen LogP contribution in [0.3, 0.4) is 0 Å².